The van der Waals surface area contributed by atoms with Gasteiger partial charge in [0.25, 0.3) is 0 Å². The predicted octanol–water partition coefficient (Wildman–Crippen LogP) is 1.24. The summed E-state index contributed by atoms with van der Waals surface area (Å²) in [5, 5.41) is 19.8. The number of hydrogen-bond donors (Lipinski definition) is 1. The molecule has 0 bridgehead atoms. The Bertz CT molecular complexity index is 419. The van der Waals surface area contributed by atoms with Crippen LogP contribution in [-0.4, -0.2) is 22.7 Å². The minimum Gasteiger partial charge on any atom is -0.371 e. The first-order chi connectivity index (χ1) is 7.79. The molecule has 0 aliphatic carbocycles. The van der Waals surface area contributed by atoms with Crippen LogP contribution >= 0.6 is 11.3 Å². The second kappa shape index (κ2) is 5.01. The molecule has 1 N–H and O–H groups in total. The Morgan fingerprint density at radius 2 is 2.56 bits per heavy atom. The van der Waals surface area contributed by atoms with Crippen LogP contribution in [-0.2, 0) is 9.53 Å². The number of rotatable bonds is 3. The molecule has 0 aromatic carbocycles. The van der Waals surface area contributed by atoms with Crippen LogP contribution in [0.2, 0.25) is 0 Å². The van der Waals surface area contributed by atoms with Gasteiger partial charge in [-0.15, -0.1) is 10.2 Å². The first-order valence-corrected chi connectivity index (χ1v) is 5.73. The van der Waals surface area contributed by atoms with Gasteiger partial charge in [0, 0.05) is 6.61 Å². The maximum absolute atomic E-state index is 11.1. The summed E-state index contributed by atoms with van der Waals surface area (Å²) in [6.07, 6.45) is 1.81. The van der Waals surface area contributed by atoms with Crippen molar-refractivity contribution in [3.63, 3.8) is 0 Å². The molecule has 1 amide bonds. The SMILES string of the molecule is N#CCC(=O)Nc1nnc(C2CCCO2)s1. The van der Waals surface area contributed by atoms with E-state index in [1.165, 1.54) is 11.3 Å². The standard InChI is InChI=1S/C9H10N4O2S/c10-4-3-7(14)11-9-13-12-8(16-9)6-2-1-5-15-6/h6H,1-3,5H2,(H,11,13,14). The van der Waals surface area contributed by atoms with Crippen LogP contribution in [0.5, 0.6) is 0 Å². The first kappa shape index (κ1) is 11.0. The molecule has 0 saturated carbocycles. The maximum Gasteiger partial charge on any atom is 0.240 e. The van der Waals surface area contributed by atoms with Crippen molar-refractivity contribution >= 4 is 22.4 Å². The second-order valence-electron chi connectivity index (χ2n) is 3.33. The highest BCUT2D eigenvalue weighted by Gasteiger charge is 2.22. The summed E-state index contributed by atoms with van der Waals surface area (Å²) in [5.41, 5.74) is 0. The smallest absolute Gasteiger partial charge is 0.240 e. The topological polar surface area (TPSA) is 87.9 Å². The number of nitrogens with zero attached hydrogens (tertiary/aromatic N) is 3. The van der Waals surface area contributed by atoms with Gasteiger partial charge in [-0.2, -0.15) is 5.26 Å². The lowest BCUT2D eigenvalue weighted by atomic mass is 10.2. The molecule has 2 rings (SSSR count). The van der Waals surface area contributed by atoms with E-state index in [1.807, 2.05) is 0 Å². The highest BCUT2D eigenvalue weighted by Crippen LogP contribution is 2.31. The number of hydrogen-bond acceptors (Lipinski definition) is 6. The lowest BCUT2D eigenvalue weighted by molar-refractivity contribution is -0.115. The molecule has 2 heterocycles. The minimum absolute atomic E-state index is 0.0131. The molecule has 1 aliphatic rings. The summed E-state index contributed by atoms with van der Waals surface area (Å²) in [6.45, 7) is 0.750. The molecule has 7 heteroatoms. The van der Waals surface area contributed by atoms with Crippen LogP contribution in [0, 0.1) is 11.3 Å². The van der Waals surface area contributed by atoms with Crippen molar-refractivity contribution in [3.05, 3.63) is 5.01 Å². The third kappa shape index (κ3) is 2.53. The summed E-state index contributed by atoms with van der Waals surface area (Å²) in [5.74, 6) is -0.363. The Labute approximate surface area is 96.2 Å². The molecule has 0 radical (unpaired) electrons. The van der Waals surface area contributed by atoms with Gasteiger partial charge in [0.1, 0.15) is 17.5 Å². The summed E-state index contributed by atoms with van der Waals surface area (Å²) >= 11 is 1.30. The summed E-state index contributed by atoms with van der Waals surface area (Å²) in [7, 11) is 0. The lowest BCUT2D eigenvalue weighted by Crippen LogP contribution is -2.09. The van der Waals surface area contributed by atoms with E-state index in [4.69, 9.17) is 10.00 Å². The van der Waals surface area contributed by atoms with Crippen molar-refractivity contribution in [3.8, 4) is 6.07 Å². The Balaban J connectivity index is 1.97. The minimum atomic E-state index is -0.363. The van der Waals surface area contributed by atoms with Crippen molar-refractivity contribution in [2.24, 2.45) is 0 Å². The van der Waals surface area contributed by atoms with E-state index in [-0.39, 0.29) is 18.4 Å². The zero-order chi connectivity index (χ0) is 11.4. The molecule has 84 valence electrons. The van der Waals surface area contributed by atoms with E-state index in [0.29, 0.717) is 5.13 Å². The number of nitriles is 1. The number of aromatic nitrogens is 2. The number of carbonyl (C=O) groups is 1. The zero-order valence-electron chi connectivity index (χ0n) is 8.47. The van der Waals surface area contributed by atoms with Gasteiger partial charge < -0.3 is 4.74 Å². The largest absolute Gasteiger partial charge is 0.371 e. The van der Waals surface area contributed by atoms with Gasteiger partial charge in [0.05, 0.1) is 6.07 Å². The summed E-state index contributed by atoms with van der Waals surface area (Å²) < 4.78 is 5.45. The number of ether oxygens (including phenoxy) is 1. The lowest BCUT2D eigenvalue weighted by Gasteiger charge is -2.01. The van der Waals surface area contributed by atoms with Gasteiger partial charge in [-0.3, -0.25) is 10.1 Å². The zero-order valence-corrected chi connectivity index (χ0v) is 9.29. The number of nitrogens with one attached hydrogen (secondary N) is 1. The Morgan fingerprint density at radius 3 is 3.25 bits per heavy atom. The highest BCUT2D eigenvalue weighted by atomic mass is 32.1. The van der Waals surface area contributed by atoms with E-state index in [9.17, 15) is 4.79 Å². The van der Waals surface area contributed by atoms with Crippen LogP contribution in [0.1, 0.15) is 30.4 Å². The van der Waals surface area contributed by atoms with Gasteiger partial charge in [-0.1, -0.05) is 11.3 Å². The second-order valence-corrected chi connectivity index (χ2v) is 4.34. The fraction of sp³-hybridized carbons (Fsp3) is 0.556. The average molecular weight is 238 g/mol. The molecule has 1 unspecified atom stereocenters. The molecule has 1 aromatic rings. The quantitative estimate of drug-likeness (QED) is 0.855. The maximum atomic E-state index is 11.1. The van der Waals surface area contributed by atoms with E-state index >= 15 is 0 Å². The number of carbonyl (C=O) groups excluding carboxylic acids is 1. The van der Waals surface area contributed by atoms with Crippen molar-refractivity contribution in [2.75, 3.05) is 11.9 Å². The summed E-state index contributed by atoms with van der Waals surface area (Å²) in [4.78, 5) is 11.1. The van der Waals surface area contributed by atoms with Crippen LogP contribution in [0.3, 0.4) is 0 Å². The van der Waals surface area contributed by atoms with E-state index < -0.39 is 0 Å². The Hall–Kier alpha value is -1.52. The molecule has 1 fully saturated rings. The van der Waals surface area contributed by atoms with Gasteiger partial charge in [0.2, 0.25) is 11.0 Å². The van der Waals surface area contributed by atoms with Crippen molar-refractivity contribution in [2.45, 2.75) is 25.4 Å². The van der Waals surface area contributed by atoms with E-state index in [1.54, 1.807) is 6.07 Å². The third-order valence-corrected chi connectivity index (χ3v) is 3.06. The van der Waals surface area contributed by atoms with Crippen LogP contribution in [0.4, 0.5) is 5.13 Å². The number of anilines is 1. The highest BCUT2D eigenvalue weighted by molar-refractivity contribution is 7.15. The molecule has 16 heavy (non-hydrogen) atoms. The molecular weight excluding hydrogens is 228 g/mol. The van der Waals surface area contributed by atoms with Crippen molar-refractivity contribution in [1.82, 2.24) is 10.2 Å². The monoisotopic (exact) mass is 238 g/mol. The molecular formula is C9H10N4O2S. The fourth-order valence-electron chi connectivity index (χ4n) is 1.42. The van der Waals surface area contributed by atoms with Crippen LogP contribution < -0.4 is 5.32 Å². The fourth-order valence-corrected chi connectivity index (χ4v) is 2.27. The van der Waals surface area contributed by atoms with Crippen LogP contribution in [0.25, 0.3) is 0 Å². The van der Waals surface area contributed by atoms with Gasteiger partial charge in [-0.25, -0.2) is 0 Å². The Morgan fingerprint density at radius 1 is 1.69 bits per heavy atom. The number of amides is 1. The molecule has 1 saturated heterocycles. The Kier molecular flexibility index (Phi) is 3.44. The molecule has 1 aromatic heterocycles. The predicted molar refractivity (Wildman–Crippen MR) is 56.7 cm³/mol. The van der Waals surface area contributed by atoms with Crippen molar-refractivity contribution in [1.29, 1.82) is 5.26 Å². The summed E-state index contributed by atoms with van der Waals surface area (Å²) in [6, 6.07) is 1.77. The van der Waals surface area contributed by atoms with Gasteiger partial charge in [-0.05, 0) is 12.8 Å². The normalized spacial score (nSPS) is 19.3. The van der Waals surface area contributed by atoms with E-state index in [2.05, 4.69) is 15.5 Å². The molecule has 1 atom stereocenters. The third-order valence-electron chi connectivity index (χ3n) is 2.13. The van der Waals surface area contributed by atoms with E-state index in [0.717, 1.165) is 24.5 Å². The van der Waals surface area contributed by atoms with Crippen LogP contribution in [0.15, 0.2) is 0 Å². The molecule has 0 spiro atoms. The molecule has 1 aliphatic heterocycles. The molecule has 6 nitrogen and oxygen atoms in total. The van der Waals surface area contributed by atoms with Crippen molar-refractivity contribution < 1.29 is 9.53 Å². The van der Waals surface area contributed by atoms with Gasteiger partial charge >= 0.3 is 0 Å². The first-order valence-electron chi connectivity index (χ1n) is 4.91. The van der Waals surface area contributed by atoms with Gasteiger partial charge in [0.15, 0.2) is 0 Å². The average Bonchev–Trinajstić information content (AvgIpc) is 2.86.